The van der Waals surface area contributed by atoms with Gasteiger partial charge in [0.2, 0.25) is 0 Å². The summed E-state index contributed by atoms with van der Waals surface area (Å²) in [6.45, 7) is 0. The van der Waals surface area contributed by atoms with Crippen molar-refractivity contribution in [2.24, 2.45) is 0 Å². The SMILES string of the molecule is O=C/C(F)=C(\F)c1ccccc1. The average Bonchev–Trinajstić information content (AvgIpc) is 2.17. The molecule has 0 amide bonds. The van der Waals surface area contributed by atoms with Gasteiger partial charge >= 0.3 is 0 Å². The molecule has 0 fully saturated rings. The number of benzene rings is 1. The Morgan fingerprint density at radius 2 is 1.75 bits per heavy atom. The van der Waals surface area contributed by atoms with Crippen molar-refractivity contribution in [2.75, 3.05) is 0 Å². The highest BCUT2D eigenvalue weighted by atomic mass is 19.2. The maximum absolute atomic E-state index is 12.8. The fourth-order valence-corrected chi connectivity index (χ4v) is 0.774. The summed E-state index contributed by atoms with van der Waals surface area (Å²) in [5.74, 6) is -2.49. The second-order valence-electron chi connectivity index (χ2n) is 2.15. The number of hydrogen-bond acceptors (Lipinski definition) is 1. The summed E-state index contributed by atoms with van der Waals surface area (Å²) in [6, 6.07) is 7.58. The van der Waals surface area contributed by atoms with Crippen molar-refractivity contribution in [3.63, 3.8) is 0 Å². The second kappa shape index (κ2) is 3.76. The van der Waals surface area contributed by atoms with Crippen LogP contribution in [0.25, 0.3) is 5.83 Å². The lowest BCUT2D eigenvalue weighted by Crippen LogP contribution is -1.82. The van der Waals surface area contributed by atoms with Crippen LogP contribution >= 0.6 is 0 Å². The minimum Gasteiger partial charge on any atom is -0.295 e. The van der Waals surface area contributed by atoms with Crippen molar-refractivity contribution >= 4 is 12.1 Å². The Balaban J connectivity index is 3.08. The summed E-state index contributed by atoms with van der Waals surface area (Å²) in [5.41, 5.74) is 0.0714. The minimum atomic E-state index is -1.37. The number of aldehydes is 1. The molecule has 0 saturated carbocycles. The third-order valence-electron chi connectivity index (χ3n) is 1.34. The monoisotopic (exact) mass is 168 g/mol. The Bertz CT molecular complexity index is 304. The molecule has 0 bridgehead atoms. The molecule has 3 heteroatoms. The number of allylic oxidation sites excluding steroid dienone is 1. The van der Waals surface area contributed by atoms with Gasteiger partial charge in [0, 0.05) is 5.56 Å². The highest BCUT2D eigenvalue weighted by Crippen LogP contribution is 2.19. The summed E-state index contributed by atoms with van der Waals surface area (Å²) >= 11 is 0. The molecule has 1 aromatic rings. The normalized spacial score (nSPS) is 12.2. The van der Waals surface area contributed by atoms with E-state index in [0.29, 0.717) is 0 Å². The van der Waals surface area contributed by atoms with Gasteiger partial charge in [0.25, 0.3) is 0 Å². The van der Waals surface area contributed by atoms with Crippen LogP contribution in [0.5, 0.6) is 0 Å². The van der Waals surface area contributed by atoms with E-state index in [9.17, 15) is 13.6 Å². The number of rotatable bonds is 2. The van der Waals surface area contributed by atoms with E-state index < -0.39 is 11.7 Å². The molecule has 1 aromatic carbocycles. The van der Waals surface area contributed by atoms with Crippen LogP contribution in [0.1, 0.15) is 5.56 Å². The van der Waals surface area contributed by atoms with Crippen LogP contribution in [0.3, 0.4) is 0 Å². The third-order valence-corrected chi connectivity index (χ3v) is 1.34. The van der Waals surface area contributed by atoms with E-state index in [-0.39, 0.29) is 11.8 Å². The quantitative estimate of drug-likeness (QED) is 0.489. The first-order valence-electron chi connectivity index (χ1n) is 3.31. The fourth-order valence-electron chi connectivity index (χ4n) is 0.774. The minimum absolute atomic E-state index is 0.0714. The van der Waals surface area contributed by atoms with Crippen LogP contribution in [0.15, 0.2) is 36.2 Å². The fraction of sp³-hybridized carbons (Fsp3) is 0. The molecule has 0 N–H and O–H groups in total. The zero-order chi connectivity index (χ0) is 8.97. The Labute approximate surface area is 68.3 Å². The molecule has 0 unspecified atom stereocenters. The topological polar surface area (TPSA) is 17.1 Å². The number of hydrogen-bond donors (Lipinski definition) is 0. The van der Waals surface area contributed by atoms with Gasteiger partial charge in [0.15, 0.2) is 17.9 Å². The maximum atomic E-state index is 12.8. The van der Waals surface area contributed by atoms with Gasteiger partial charge in [0.05, 0.1) is 0 Å². The van der Waals surface area contributed by atoms with E-state index >= 15 is 0 Å². The van der Waals surface area contributed by atoms with E-state index in [1.54, 1.807) is 18.2 Å². The van der Waals surface area contributed by atoms with E-state index in [2.05, 4.69) is 0 Å². The van der Waals surface area contributed by atoms with Crippen LogP contribution < -0.4 is 0 Å². The Hall–Kier alpha value is -1.51. The lowest BCUT2D eigenvalue weighted by Gasteiger charge is -1.94. The van der Waals surface area contributed by atoms with Gasteiger partial charge < -0.3 is 0 Å². The molecule has 0 spiro atoms. The first kappa shape index (κ1) is 8.59. The van der Waals surface area contributed by atoms with E-state index in [1.807, 2.05) is 0 Å². The Kier molecular flexibility index (Phi) is 2.69. The molecule has 0 radical (unpaired) electrons. The highest BCUT2D eigenvalue weighted by molar-refractivity contribution is 5.82. The predicted molar refractivity (Wildman–Crippen MR) is 41.6 cm³/mol. The van der Waals surface area contributed by atoms with Crippen molar-refractivity contribution in [3.8, 4) is 0 Å². The molecule has 62 valence electrons. The number of halogens is 2. The lowest BCUT2D eigenvalue weighted by atomic mass is 10.2. The van der Waals surface area contributed by atoms with Gasteiger partial charge in [-0.1, -0.05) is 30.3 Å². The maximum Gasteiger partial charge on any atom is 0.199 e. The molecule has 0 saturated heterocycles. The standard InChI is InChI=1S/C9H6F2O/c10-8(6-12)9(11)7-4-2-1-3-5-7/h1-6H/b9-8+. The zero-order valence-corrected chi connectivity index (χ0v) is 6.13. The Morgan fingerprint density at radius 3 is 2.25 bits per heavy atom. The first-order chi connectivity index (χ1) is 5.75. The summed E-state index contributed by atoms with van der Waals surface area (Å²) in [4.78, 5) is 9.85. The zero-order valence-electron chi connectivity index (χ0n) is 6.13. The highest BCUT2D eigenvalue weighted by Gasteiger charge is 2.06. The lowest BCUT2D eigenvalue weighted by molar-refractivity contribution is -0.106. The summed E-state index contributed by atoms with van der Waals surface area (Å²) in [5, 5.41) is 0. The smallest absolute Gasteiger partial charge is 0.199 e. The van der Waals surface area contributed by atoms with Gasteiger partial charge in [-0.2, -0.15) is 0 Å². The number of carbonyl (C=O) groups is 1. The summed E-state index contributed by atoms with van der Waals surface area (Å²) < 4.78 is 25.2. The summed E-state index contributed by atoms with van der Waals surface area (Å²) in [6.07, 6.45) is -0.150. The summed E-state index contributed by atoms with van der Waals surface area (Å²) in [7, 11) is 0. The van der Waals surface area contributed by atoms with Crippen LogP contribution in [0.4, 0.5) is 8.78 Å². The average molecular weight is 168 g/mol. The largest absolute Gasteiger partial charge is 0.295 e. The van der Waals surface area contributed by atoms with Crippen molar-refractivity contribution < 1.29 is 13.6 Å². The van der Waals surface area contributed by atoms with Crippen LogP contribution in [0.2, 0.25) is 0 Å². The van der Waals surface area contributed by atoms with Crippen LogP contribution in [0, 0.1) is 0 Å². The molecule has 0 aliphatic heterocycles. The number of carbonyl (C=O) groups excluding carboxylic acids is 1. The van der Waals surface area contributed by atoms with Crippen molar-refractivity contribution in [1.82, 2.24) is 0 Å². The first-order valence-corrected chi connectivity index (χ1v) is 3.31. The van der Waals surface area contributed by atoms with E-state index in [4.69, 9.17) is 0 Å². The molecule has 1 rings (SSSR count). The molecular formula is C9H6F2O. The molecule has 12 heavy (non-hydrogen) atoms. The Morgan fingerprint density at radius 1 is 1.17 bits per heavy atom. The van der Waals surface area contributed by atoms with Crippen molar-refractivity contribution in [3.05, 3.63) is 41.7 Å². The van der Waals surface area contributed by atoms with Crippen molar-refractivity contribution in [1.29, 1.82) is 0 Å². The molecule has 0 aromatic heterocycles. The van der Waals surface area contributed by atoms with Gasteiger partial charge in [-0.25, -0.2) is 8.78 Å². The van der Waals surface area contributed by atoms with Gasteiger partial charge in [-0.15, -0.1) is 0 Å². The van der Waals surface area contributed by atoms with E-state index in [0.717, 1.165) is 0 Å². The predicted octanol–water partition coefficient (Wildman–Crippen LogP) is 2.49. The second-order valence-corrected chi connectivity index (χ2v) is 2.15. The molecule has 0 heterocycles. The molecule has 0 aliphatic rings. The molecular weight excluding hydrogens is 162 g/mol. The van der Waals surface area contributed by atoms with Gasteiger partial charge in [-0.05, 0) is 0 Å². The van der Waals surface area contributed by atoms with Gasteiger partial charge in [0.1, 0.15) is 0 Å². The molecule has 0 atom stereocenters. The molecule has 1 nitrogen and oxygen atoms in total. The molecule has 0 aliphatic carbocycles. The van der Waals surface area contributed by atoms with E-state index in [1.165, 1.54) is 12.1 Å². The van der Waals surface area contributed by atoms with Crippen LogP contribution in [-0.2, 0) is 4.79 Å². The van der Waals surface area contributed by atoms with Crippen LogP contribution in [-0.4, -0.2) is 6.29 Å². The van der Waals surface area contributed by atoms with Crippen molar-refractivity contribution in [2.45, 2.75) is 0 Å². The van der Waals surface area contributed by atoms with Gasteiger partial charge in [-0.3, -0.25) is 4.79 Å². The third kappa shape index (κ3) is 1.75.